The number of aromatic amines is 1. The highest BCUT2D eigenvalue weighted by atomic mass is 35.5. The van der Waals surface area contributed by atoms with Crippen LogP contribution in [-0.4, -0.2) is 102 Å². The quantitative estimate of drug-likeness (QED) is 0.0789. The summed E-state index contributed by atoms with van der Waals surface area (Å²) >= 11 is 6.25. The minimum absolute atomic E-state index is 0. The van der Waals surface area contributed by atoms with Gasteiger partial charge in [0.05, 0.1) is 26.6 Å². The van der Waals surface area contributed by atoms with Crippen molar-refractivity contribution in [1.29, 1.82) is 0 Å². The maximum absolute atomic E-state index is 15.3. The number of carbonyl (C=O) groups excluding carboxylic acids is 1. The summed E-state index contributed by atoms with van der Waals surface area (Å²) in [6.45, 7) is 8.84. The third-order valence-electron chi connectivity index (χ3n) is 12.7. The summed E-state index contributed by atoms with van der Waals surface area (Å²) < 4.78 is 52.0. The van der Waals surface area contributed by atoms with Gasteiger partial charge in [-0.15, -0.1) is 12.4 Å². The molecule has 5 heterocycles. The molecular formula is C46H50Cl2FN9O6S. The molecule has 15 nitrogen and oxygen atoms in total. The van der Waals surface area contributed by atoms with E-state index >= 15 is 4.39 Å². The van der Waals surface area contributed by atoms with Crippen LogP contribution in [0.5, 0.6) is 0 Å². The molecule has 3 aromatic heterocycles. The molecule has 0 unspecified atom stereocenters. The number of alkyl halides is 1. The van der Waals surface area contributed by atoms with Crippen molar-refractivity contribution in [3.05, 3.63) is 117 Å². The number of allylic oxidation sites excluding steroid dienone is 1. The second-order valence-electron chi connectivity index (χ2n) is 17.7. The Kier molecular flexibility index (Phi) is 13.0. The number of hydrogen-bond acceptors (Lipinski definition) is 11. The molecule has 3 aromatic carbocycles. The van der Waals surface area contributed by atoms with Crippen LogP contribution in [0.1, 0.15) is 61.9 Å². The lowest BCUT2D eigenvalue weighted by atomic mass is 9.72. The van der Waals surface area contributed by atoms with Gasteiger partial charge in [-0.2, -0.15) is 0 Å². The first-order valence-corrected chi connectivity index (χ1v) is 23.3. The van der Waals surface area contributed by atoms with Gasteiger partial charge in [0.1, 0.15) is 16.9 Å². The molecule has 0 spiro atoms. The van der Waals surface area contributed by atoms with Gasteiger partial charge in [-0.05, 0) is 90.4 Å². The predicted molar refractivity (Wildman–Crippen MR) is 253 cm³/mol. The van der Waals surface area contributed by atoms with Gasteiger partial charge in [-0.25, -0.2) is 27.5 Å². The average molecular weight is 947 g/mol. The molecule has 3 N–H and O–H groups in total. The highest BCUT2D eigenvalue weighted by molar-refractivity contribution is 7.90. The number of nitro groups is 1. The minimum atomic E-state index is -4.64. The van der Waals surface area contributed by atoms with E-state index in [1.54, 1.807) is 29.2 Å². The van der Waals surface area contributed by atoms with Gasteiger partial charge in [0, 0.05) is 99.9 Å². The van der Waals surface area contributed by atoms with E-state index in [2.05, 4.69) is 60.9 Å². The Morgan fingerprint density at radius 2 is 1.75 bits per heavy atom. The number of halogens is 3. The number of aromatic nitrogens is 4. The Bertz CT molecular complexity index is 2910. The smallest absolute Gasteiger partial charge is 0.293 e. The van der Waals surface area contributed by atoms with Gasteiger partial charge in [0.2, 0.25) is 0 Å². The highest BCUT2D eigenvalue weighted by Gasteiger charge is 2.34. The summed E-state index contributed by atoms with van der Waals surface area (Å²) in [7, 11) is -4.64. The van der Waals surface area contributed by atoms with Gasteiger partial charge < -0.3 is 15.0 Å². The summed E-state index contributed by atoms with van der Waals surface area (Å²) in [6, 6.07) is 20.3. The largest absolute Gasteiger partial charge is 0.381 e. The van der Waals surface area contributed by atoms with Crippen molar-refractivity contribution >= 4 is 84.6 Å². The zero-order valence-corrected chi connectivity index (χ0v) is 38.4. The van der Waals surface area contributed by atoms with E-state index in [-0.39, 0.29) is 61.7 Å². The van der Waals surface area contributed by atoms with Crippen molar-refractivity contribution in [3.8, 4) is 5.69 Å². The van der Waals surface area contributed by atoms with Crippen LogP contribution in [0, 0.1) is 15.5 Å². The number of piperazine rings is 1. The molecule has 0 radical (unpaired) electrons. The fraction of sp³-hybridized carbons (Fsp3) is 0.370. The molecule has 0 bridgehead atoms. The van der Waals surface area contributed by atoms with Gasteiger partial charge in [0.25, 0.3) is 21.6 Å². The fourth-order valence-corrected chi connectivity index (χ4v) is 10.1. The monoisotopic (exact) mass is 945 g/mol. The number of pyridine rings is 1. The molecule has 2 aliphatic heterocycles. The number of carbonyl (C=O) groups is 1. The molecule has 1 aliphatic carbocycles. The maximum Gasteiger partial charge on any atom is 0.293 e. The van der Waals surface area contributed by atoms with Gasteiger partial charge >= 0.3 is 0 Å². The number of hydrogen-bond donors (Lipinski definition) is 3. The first kappa shape index (κ1) is 46.0. The Morgan fingerprint density at radius 3 is 2.49 bits per heavy atom. The van der Waals surface area contributed by atoms with Crippen LogP contribution < -0.4 is 14.9 Å². The lowest BCUT2D eigenvalue weighted by Crippen LogP contribution is -2.47. The van der Waals surface area contributed by atoms with E-state index in [0.717, 1.165) is 80.2 Å². The molecule has 2 fully saturated rings. The van der Waals surface area contributed by atoms with Crippen molar-refractivity contribution in [2.75, 3.05) is 62.7 Å². The van der Waals surface area contributed by atoms with E-state index in [1.807, 2.05) is 30.3 Å². The van der Waals surface area contributed by atoms with Crippen LogP contribution in [0.15, 0.2) is 95.7 Å². The van der Waals surface area contributed by atoms with E-state index in [4.69, 9.17) is 16.3 Å². The minimum Gasteiger partial charge on any atom is -0.381 e. The molecular weight excluding hydrogens is 897 g/mol. The van der Waals surface area contributed by atoms with Crippen molar-refractivity contribution < 1.29 is 27.3 Å². The van der Waals surface area contributed by atoms with Crippen LogP contribution in [0.3, 0.4) is 0 Å². The Labute approximate surface area is 387 Å². The first-order valence-electron chi connectivity index (χ1n) is 21.4. The standard InChI is InChI=1S/C46H49ClFN9O6S.ClH/c1-45(2)13-11-32(37(26-45)30-3-5-33(47)6-4-30)28-54-17-19-55(20-18-54)34-7-9-36(40(24-34)56-41-23-31-12-16-49-43(31)52-39(41)27-51-56)44(58)53-64(61,62)35-8-10-38(42(25-35)57(59)60)50-29-46(48)14-21-63-22-15-46;/h3-10,12,16,23-25,27,50-51H,11,13-15,17-22,26,28-29H2,1-2H3,(H,53,58);1H. The second-order valence-corrected chi connectivity index (χ2v) is 19.9. The van der Waals surface area contributed by atoms with Crippen LogP contribution in [0.2, 0.25) is 5.02 Å². The number of amides is 1. The number of rotatable bonds is 12. The zero-order chi connectivity index (χ0) is 44.8. The number of benzene rings is 3. The fourth-order valence-electron chi connectivity index (χ4n) is 8.99. The molecule has 0 saturated carbocycles. The van der Waals surface area contributed by atoms with Gasteiger partial charge in [-0.3, -0.25) is 29.6 Å². The number of nitro benzene ring substituents is 1. The van der Waals surface area contributed by atoms with Crippen LogP contribution in [-0.2, 0) is 14.8 Å². The van der Waals surface area contributed by atoms with E-state index in [1.165, 1.54) is 22.8 Å². The number of H-pyrrole nitrogens is 1. The lowest BCUT2D eigenvalue weighted by Gasteiger charge is -2.39. The maximum atomic E-state index is 15.3. The Hall–Kier alpha value is -5.59. The summed E-state index contributed by atoms with van der Waals surface area (Å²) in [6.07, 6.45) is 6.76. The van der Waals surface area contributed by atoms with Crippen molar-refractivity contribution in [3.63, 3.8) is 0 Å². The molecule has 9 rings (SSSR count). The topological polar surface area (TPSA) is 181 Å². The highest BCUT2D eigenvalue weighted by Crippen LogP contribution is 2.43. The van der Waals surface area contributed by atoms with Gasteiger partial charge in [-0.1, -0.05) is 43.2 Å². The number of nitrogens with zero attached hydrogens (tertiary/aromatic N) is 6. The van der Waals surface area contributed by atoms with Crippen LogP contribution in [0.4, 0.5) is 21.5 Å². The molecule has 6 aromatic rings. The van der Waals surface area contributed by atoms with E-state index in [9.17, 15) is 23.3 Å². The molecule has 2 saturated heterocycles. The van der Waals surface area contributed by atoms with E-state index < -0.39 is 37.1 Å². The molecule has 65 heavy (non-hydrogen) atoms. The van der Waals surface area contributed by atoms with Gasteiger partial charge in [0.15, 0.2) is 5.65 Å². The van der Waals surface area contributed by atoms with Crippen LogP contribution >= 0.6 is 24.0 Å². The summed E-state index contributed by atoms with van der Waals surface area (Å²) in [5, 5.41) is 19.6. The SMILES string of the molecule is CC1(C)CCC(CN2CCN(c3ccc(C(=O)NS(=O)(=O)c4ccc(NCC5(F)CCOCC5)c([N+](=O)[O-])c4)c(-n4[nH]cc5nc6nccc6cc54)c3)CC2)=C(c2ccc(Cl)cc2)C1.Cl. The summed E-state index contributed by atoms with van der Waals surface area (Å²) in [5.74, 6) is -0.949. The van der Waals surface area contributed by atoms with Crippen molar-refractivity contribution in [2.24, 2.45) is 5.41 Å². The third-order valence-corrected chi connectivity index (χ3v) is 14.3. The molecule has 19 heteroatoms. The van der Waals surface area contributed by atoms with Crippen molar-refractivity contribution in [1.82, 2.24) is 29.4 Å². The summed E-state index contributed by atoms with van der Waals surface area (Å²) in [4.78, 5) is 38.8. The Balaban J connectivity index is 0.00000576. The summed E-state index contributed by atoms with van der Waals surface area (Å²) in [5.41, 5.74) is 5.05. The normalized spacial score (nSPS) is 17.8. The average Bonchev–Trinajstić information content (AvgIpc) is 3.92. The number of ether oxygens (including phenoxy) is 1. The molecule has 0 atom stereocenters. The number of sulfonamides is 1. The third kappa shape index (κ3) is 9.84. The van der Waals surface area contributed by atoms with Crippen LogP contribution in [0.25, 0.3) is 33.3 Å². The molecule has 342 valence electrons. The number of anilines is 2. The van der Waals surface area contributed by atoms with Crippen molar-refractivity contribution in [2.45, 2.75) is 56.5 Å². The van der Waals surface area contributed by atoms with E-state index in [0.29, 0.717) is 22.4 Å². The second kappa shape index (κ2) is 18.4. The first-order chi connectivity index (χ1) is 30.6. The molecule has 1 amide bonds. The molecule has 3 aliphatic rings. The Morgan fingerprint density at radius 1 is 1.00 bits per heavy atom. The predicted octanol–water partition coefficient (Wildman–Crippen LogP) is 8.72. The number of nitrogens with one attached hydrogen (secondary N) is 3. The lowest BCUT2D eigenvalue weighted by molar-refractivity contribution is -0.384. The number of fused-ring (bicyclic) bond motifs is 2. The zero-order valence-electron chi connectivity index (χ0n) is 36.0.